The minimum Gasteiger partial charge on any atom is -0.345 e. The molecule has 9 nitrogen and oxygen atoms in total. The summed E-state index contributed by atoms with van der Waals surface area (Å²) in [6.07, 6.45) is 0. The molecule has 1 N–H and O–H groups in total. The van der Waals surface area contributed by atoms with Gasteiger partial charge in [-0.3, -0.25) is 9.69 Å². The first-order valence-electron chi connectivity index (χ1n) is 13.4. The van der Waals surface area contributed by atoms with Crippen molar-refractivity contribution in [2.24, 2.45) is 0 Å². The summed E-state index contributed by atoms with van der Waals surface area (Å²) in [5.74, 6) is 0.662. The highest BCUT2D eigenvalue weighted by Gasteiger charge is 2.33. The van der Waals surface area contributed by atoms with E-state index in [0.29, 0.717) is 17.9 Å². The summed E-state index contributed by atoms with van der Waals surface area (Å²) in [7, 11) is 0. The highest BCUT2D eigenvalue weighted by atomic mass is 32.1. The van der Waals surface area contributed by atoms with Crippen molar-refractivity contribution in [2.45, 2.75) is 19.5 Å². The molecule has 1 aliphatic rings. The molecule has 6 aromatic rings. The van der Waals surface area contributed by atoms with Gasteiger partial charge in [0, 0.05) is 31.7 Å². The van der Waals surface area contributed by atoms with Crippen molar-refractivity contribution in [3.05, 3.63) is 112 Å². The van der Waals surface area contributed by atoms with Crippen LogP contribution < -0.4 is 10.5 Å². The van der Waals surface area contributed by atoms with Gasteiger partial charge in [0.15, 0.2) is 11.0 Å². The number of nitrogens with zero attached hydrogens (tertiary/aromatic N) is 7. The molecule has 3 aromatic heterocycles. The van der Waals surface area contributed by atoms with Crippen molar-refractivity contribution in [3.63, 3.8) is 0 Å². The topological polar surface area (TPSA) is 95.8 Å². The molecule has 0 radical (unpaired) electrons. The maximum absolute atomic E-state index is 13.6. The molecule has 3 aromatic carbocycles. The van der Waals surface area contributed by atoms with E-state index in [4.69, 9.17) is 4.98 Å². The highest BCUT2D eigenvalue weighted by Crippen LogP contribution is 2.32. The Kier molecular flexibility index (Phi) is 6.33. The number of benzene rings is 3. The highest BCUT2D eigenvalue weighted by molar-refractivity contribution is 7.22. The van der Waals surface area contributed by atoms with E-state index in [1.54, 1.807) is 11.3 Å². The Labute approximate surface area is 234 Å². The SMILES string of the molecule is Cc1cccc2cc(C(c3nnnn3Cc3ccccc3)N3CCN(c4nc5ccccc5s4)CC3)c(=O)[nH]c12. The number of pyridine rings is 1. The van der Waals surface area contributed by atoms with Gasteiger partial charge in [-0.15, -0.1) is 5.10 Å². The predicted octanol–water partition coefficient (Wildman–Crippen LogP) is 4.39. The number of fused-ring (bicyclic) bond motifs is 2. The van der Waals surface area contributed by atoms with E-state index in [1.165, 1.54) is 4.70 Å². The van der Waals surface area contributed by atoms with Crippen LogP contribution in [0.2, 0.25) is 0 Å². The smallest absolute Gasteiger partial charge is 0.253 e. The van der Waals surface area contributed by atoms with Gasteiger partial charge >= 0.3 is 0 Å². The number of aryl methyl sites for hydroxylation is 1. The van der Waals surface area contributed by atoms with Gasteiger partial charge in [-0.25, -0.2) is 9.67 Å². The average Bonchev–Trinajstić information content (AvgIpc) is 3.62. The van der Waals surface area contributed by atoms with Crippen molar-refractivity contribution < 1.29 is 0 Å². The zero-order chi connectivity index (χ0) is 27.1. The van der Waals surface area contributed by atoms with Crippen molar-refractivity contribution in [1.82, 2.24) is 35.1 Å². The van der Waals surface area contributed by atoms with Crippen LogP contribution in [0.1, 0.15) is 28.6 Å². The minimum atomic E-state index is -0.398. The number of aromatic amines is 1. The second-order valence-corrected chi connectivity index (χ2v) is 11.2. The van der Waals surface area contributed by atoms with Gasteiger partial charge in [0.25, 0.3) is 5.56 Å². The molecular weight excluding hydrogens is 520 g/mol. The number of tetrazole rings is 1. The van der Waals surface area contributed by atoms with Crippen LogP contribution in [0.25, 0.3) is 21.1 Å². The van der Waals surface area contributed by atoms with Crippen LogP contribution in [0.4, 0.5) is 5.13 Å². The number of para-hydroxylation sites is 2. The van der Waals surface area contributed by atoms with Gasteiger partial charge in [0.1, 0.15) is 6.04 Å². The van der Waals surface area contributed by atoms with Crippen LogP contribution in [0.15, 0.2) is 83.7 Å². The molecule has 1 fully saturated rings. The first kappa shape index (κ1) is 24.6. The average molecular weight is 549 g/mol. The van der Waals surface area contributed by atoms with Crippen molar-refractivity contribution in [3.8, 4) is 0 Å². The Hall–Kier alpha value is -4.41. The van der Waals surface area contributed by atoms with Gasteiger partial charge in [-0.2, -0.15) is 0 Å². The third-order valence-electron chi connectivity index (χ3n) is 7.62. The largest absolute Gasteiger partial charge is 0.345 e. The van der Waals surface area contributed by atoms with E-state index < -0.39 is 6.04 Å². The molecule has 0 bridgehead atoms. The van der Waals surface area contributed by atoms with E-state index in [2.05, 4.69) is 60.6 Å². The Morgan fingerprint density at radius 1 is 0.950 bits per heavy atom. The van der Waals surface area contributed by atoms with Gasteiger partial charge in [-0.1, -0.05) is 72.0 Å². The standard InChI is InChI=1S/C30H28N8OS/c1-20-8-7-11-22-18-23(29(39)32-26(20)22)27(28-33-34-35-38(28)19-21-9-3-2-4-10-21)36-14-16-37(17-15-36)30-31-24-12-5-6-13-25(24)40-30/h2-13,18,27H,14-17,19H2,1H3,(H,32,39). The molecule has 0 saturated carbocycles. The zero-order valence-corrected chi connectivity index (χ0v) is 22.9. The molecular formula is C30H28N8OS. The summed E-state index contributed by atoms with van der Waals surface area (Å²) in [5, 5.41) is 14.9. The molecule has 1 atom stereocenters. The predicted molar refractivity (Wildman–Crippen MR) is 158 cm³/mol. The first-order chi connectivity index (χ1) is 19.6. The Bertz CT molecular complexity index is 1820. The Balaban J connectivity index is 1.25. The third-order valence-corrected chi connectivity index (χ3v) is 8.72. The molecule has 10 heteroatoms. The molecule has 0 amide bonds. The summed E-state index contributed by atoms with van der Waals surface area (Å²) in [5.41, 5.74) is 4.56. The molecule has 1 unspecified atom stereocenters. The third kappa shape index (κ3) is 4.55. The van der Waals surface area contributed by atoms with Gasteiger partial charge < -0.3 is 9.88 Å². The van der Waals surface area contributed by atoms with E-state index >= 15 is 0 Å². The number of H-pyrrole nitrogens is 1. The summed E-state index contributed by atoms with van der Waals surface area (Å²) < 4.78 is 3.01. The molecule has 7 rings (SSSR count). The normalized spacial score (nSPS) is 15.2. The maximum atomic E-state index is 13.6. The van der Waals surface area contributed by atoms with Crippen molar-refractivity contribution >= 4 is 37.6 Å². The van der Waals surface area contributed by atoms with Crippen LogP contribution in [0.3, 0.4) is 0 Å². The number of aromatic nitrogens is 6. The molecule has 200 valence electrons. The maximum Gasteiger partial charge on any atom is 0.253 e. The number of nitrogens with one attached hydrogen (secondary N) is 1. The molecule has 1 aliphatic heterocycles. The summed E-state index contributed by atoms with van der Waals surface area (Å²) >= 11 is 1.72. The Morgan fingerprint density at radius 3 is 2.58 bits per heavy atom. The second kappa shape index (κ2) is 10.3. The fourth-order valence-corrected chi connectivity index (χ4v) is 6.56. The van der Waals surface area contributed by atoms with Crippen molar-refractivity contribution in [1.29, 1.82) is 0 Å². The molecule has 4 heterocycles. The van der Waals surface area contributed by atoms with Crippen LogP contribution in [0.5, 0.6) is 0 Å². The lowest BCUT2D eigenvalue weighted by Gasteiger charge is -2.38. The van der Waals surface area contributed by atoms with E-state index in [9.17, 15) is 4.79 Å². The molecule has 40 heavy (non-hydrogen) atoms. The lowest BCUT2D eigenvalue weighted by atomic mass is 10.0. The zero-order valence-electron chi connectivity index (χ0n) is 22.1. The van der Waals surface area contributed by atoms with Gasteiger partial charge in [0.05, 0.1) is 22.3 Å². The van der Waals surface area contributed by atoms with Crippen LogP contribution in [0, 0.1) is 6.92 Å². The minimum absolute atomic E-state index is 0.116. The van der Waals surface area contributed by atoms with Crippen LogP contribution in [-0.4, -0.2) is 61.3 Å². The quantitative estimate of drug-likeness (QED) is 0.330. The van der Waals surface area contributed by atoms with Crippen LogP contribution >= 0.6 is 11.3 Å². The molecule has 0 spiro atoms. The number of hydrogen-bond acceptors (Lipinski definition) is 8. The van der Waals surface area contributed by atoms with E-state index in [0.717, 1.165) is 58.9 Å². The number of anilines is 1. The number of piperazine rings is 1. The fraction of sp³-hybridized carbons (Fsp3) is 0.233. The Morgan fingerprint density at radius 2 is 1.75 bits per heavy atom. The van der Waals surface area contributed by atoms with Crippen LogP contribution in [-0.2, 0) is 6.54 Å². The molecule has 0 aliphatic carbocycles. The summed E-state index contributed by atoms with van der Waals surface area (Å²) in [6, 6.07) is 26.1. The summed E-state index contributed by atoms with van der Waals surface area (Å²) in [4.78, 5) is 26.3. The van der Waals surface area contributed by atoms with Crippen molar-refractivity contribution in [2.75, 3.05) is 31.1 Å². The number of thiazole rings is 1. The number of hydrogen-bond donors (Lipinski definition) is 1. The lowest BCUT2D eigenvalue weighted by molar-refractivity contribution is 0.200. The lowest BCUT2D eigenvalue weighted by Crippen LogP contribution is -2.49. The van der Waals surface area contributed by atoms with Gasteiger partial charge in [-0.05, 0) is 52.1 Å². The van der Waals surface area contributed by atoms with E-state index in [-0.39, 0.29) is 5.56 Å². The van der Waals surface area contributed by atoms with E-state index in [1.807, 2.05) is 60.1 Å². The van der Waals surface area contributed by atoms with Gasteiger partial charge in [0.2, 0.25) is 0 Å². The first-order valence-corrected chi connectivity index (χ1v) is 14.2. The second-order valence-electron chi connectivity index (χ2n) is 10.2. The summed E-state index contributed by atoms with van der Waals surface area (Å²) in [6.45, 7) is 5.60. The fourth-order valence-electron chi connectivity index (χ4n) is 5.55. The number of rotatable bonds is 6. The monoisotopic (exact) mass is 548 g/mol. The molecule has 1 saturated heterocycles.